The number of rotatable bonds is 6. The number of allylic oxidation sites excluding steroid dienone is 3. The molecule has 1 saturated heterocycles. The minimum Gasteiger partial charge on any atom is -0.464 e. The zero-order chi connectivity index (χ0) is 28.7. The molecule has 0 bridgehead atoms. The van der Waals surface area contributed by atoms with Crippen LogP contribution >= 0.6 is 0 Å². The van der Waals surface area contributed by atoms with Crippen LogP contribution in [0.2, 0.25) is 0 Å². The van der Waals surface area contributed by atoms with E-state index in [1.54, 1.807) is 31.2 Å². The van der Waals surface area contributed by atoms with Gasteiger partial charge in [0.25, 0.3) is 0 Å². The molecule has 2 aliphatic heterocycles. The van der Waals surface area contributed by atoms with Crippen LogP contribution in [0.1, 0.15) is 55.6 Å². The highest BCUT2D eigenvalue weighted by Crippen LogP contribution is 2.45. The van der Waals surface area contributed by atoms with E-state index >= 15 is 0 Å². The fourth-order valence-electron chi connectivity index (χ4n) is 6.22. The lowest BCUT2D eigenvalue weighted by atomic mass is 9.72. The highest BCUT2D eigenvalue weighted by Gasteiger charge is 2.43. The van der Waals surface area contributed by atoms with Crippen LogP contribution in [-0.4, -0.2) is 45.2 Å². The normalized spacial score (nSPS) is 22.5. The highest BCUT2D eigenvalue weighted by molar-refractivity contribution is 6.04. The van der Waals surface area contributed by atoms with Crippen LogP contribution in [0.4, 0.5) is 5.69 Å². The third kappa shape index (κ3) is 5.08. The second kappa shape index (κ2) is 11.0. The van der Waals surface area contributed by atoms with Crippen LogP contribution in [0.3, 0.4) is 0 Å². The first-order valence-corrected chi connectivity index (χ1v) is 14.1. The number of dihydropyridines is 1. The second-order valence-corrected chi connectivity index (χ2v) is 11.3. The lowest BCUT2D eigenvalue weighted by Gasteiger charge is -2.36. The molecular formula is C33H34N2O6. The lowest BCUT2D eigenvalue weighted by molar-refractivity contribution is -0.142. The first-order valence-electron chi connectivity index (χ1n) is 14.1. The van der Waals surface area contributed by atoms with Crippen LogP contribution < -0.4 is 15.6 Å². The number of benzene rings is 2. The molecule has 3 unspecified atom stereocenters. The Balaban J connectivity index is 1.41. The van der Waals surface area contributed by atoms with Crippen molar-refractivity contribution in [3.05, 3.63) is 98.7 Å². The summed E-state index contributed by atoms with van der Waals surface area (Å²) in [5, 5.41) is 3.76. The highest BCUT2D eigenvalue weighted by atomic mass is 16.6. The summed E-state index contributed by atoms with van der Waals surface area (Å²) in [4.78, 5) is 43.4. The van der Waals surface area contributed by atoms with Gasteiger partial charge in [-0.15, -0.1) is 0 Å². The molecule has 0 radical (unpaired) electrons. The second-order valence-electron chi connectivity index (χ2n) is 11.3. The topological polar surface area (TPSA) is 98.1 Å². The molecule has 3 aliphatic rings. The number of fused-ring (bicyclic) bond motifs is 1. The van der Waals surface area contributed by atoms with Crippen molar-refractivity contribution in [2.45, 2.75) is 50.5 Å². The van der Waals surface area contributed by atoms with E-state index in [9.17, 15) is 14.4 Å². The summed E-state index contributed by atoms with van der Waals surface area (Å²) in [6, 6.07) is 15.2. The summed E-state index contributed by atoms with van der Waals surface area (Å²) in [5.74, 6) is -1.59. The van der Waals surface area contributed by atoms with Crippen molar-refractivity contribution in [2.24, 2.45) is 0 Å². The van der Waals surface area contributed by atoms with Gasteiger partial charge < -0.3 is 24.1 Å². The number of Topliss-reactive ketones (excluding diaryl/α,β-unsaturated/α-hetero) is 1. The number of nitrogens with zero attached hydrogens (tertiary/aromatic N) is 1. The van der Waals surface area contributed by atoms with Crippen molar-refractivity contribution in [3.63, 3.8) is 0 Å². The number of hydrogen-bond donors (Lipinski definition) is 1. The smallest absolute Gasteiger partial charge is 0.336 e. The molecule has 0 saturated carbocycles. The minimum absolute atomic E-state index is 0.0283. The molecule has 3 atom stereocenters. The molecule has 1 N–H and O–H groups in total. The van der Waals surface area contributed by atoms with Crippen molar-refractivity contribution < 1.29 is 23.5 Å². The van der Waals surface area contributed by atoms with Gasteiger partial charge in [-0.1, -0.05) is 24.3 Å². The van der Waals surface area contributed by atoms with Gasteiger partial charge >= 0.3 is 5.97 Å². The molecule has 41 heavy (non-hydrogen) atoms. The first kappa shape index (κ1) is 27.0. The van der Waals surface area contributed by atoms with Gasteiger partial charge in [-0.2, -0.15) is 0 Å². The number of carbonyl (C=O) groups excluding carboxylic acids is 2. The van der Waals surface area contributed by atoms with Crippen molar-refractivity contribution in [3.8, 4) is 0 Å². The van der Waals surface area contributed by atoms with E-state index in [4.69, 9.17) is 13.9 Å². The average Bonchev–Trinajstić information content (AvgIpc) is 3.49. The Morgan fingerprint density at radius 2 is 1.85 bits per heavy atom. The van der Waals surface area contributed by atoms with E-state index in [2.05, 4.69) is 29.6 Å². The molecule has 0 spiro atoms. The molecule has 8 heteroatoms. The maximum Gasteiger partial charge on any atom is 0.336 e. The summed E-state index contributed by atoms with van der Waals surface area (Å²) < 4.78 is 17.2. The molecule has 3 heterocycles. The van der Waals surface area contributed by atoms with Crippen LogP contribution in [0.25, 0.3) is 11.0 Å². The molecule has 1 aliphatic carbocycles. The summed E-state index contributed by atoms with van der Waals surface area (Å²) in [6.07, 6.45) is 3.85. The number of para-hydroxylation sites is 1. The Labute approximate surface area is 238 Å². The number of anilines is 1. The largest absolute Gasteiger partial charge is 0.464 e. The number of esters is 1. The SMILES string of the molecule is CC1=C(C(=O)OCC2CCCO2)C(c2coc3ccccc3c2=O)C2=C(CC(c3ccc(N(C)C)cc3)CC2=O)N1. The van der Waals surface area contributed by atoms with Crippen LogP contribution in [0, 0.1) is 0 Å². The first-order chi connectivity index (χ1) is 19.8. The van der Waals surface area contributed by atoms with Gasteiger partial charge in [-0.3, -0.25) is 9.59 Å². The van der Waals surface area contributed by atoms with E-state index in [1.807, 2.05) is 19.0 Å². The van der Waals surface area contributed by atoms with Crippen molar-refractivity contribution in [1.82, 2.24) is 5.32 Å². The van der Waals surface area contributed by atoms with Gasteiger partial charge in [0.15, 0.2) is 11.2 Å². The molecule has 6 rings (SSSR count). The maximum atomic E-state index is 14.0. The van der Waals surface area contributed by atoms with Gasteiger partial charge in [-0.25, -0.2) is 4.79 Å². The molecule has 0 amide bonds. The number of ether oxygens (including phenoxy) is 2. The van der Waals surface area contributed by atoms with Gasteiger partial charge in [0.2, 0.25) is 0 Å². The molecule has 2 aromatic carbocycles. The zero-order valence-corrected chi connectivity index (χ0v) is 23.6. The molecular weight excluding hydrogens is 520 g/mol. The maximum absolute atomic E-state index is 14.0. The predicted molar refractivity (Wildman–Crippen MR) is 156 cm³/mol. The van der Waals surface area contributed by atoms with Crippen molar-refractivity contribution in [2.75, 3.05) is 32.2 Å². The number of hydrogen-bond acceptors (Lipinski definition) is 8. The van der Waals surface area contributed by atoms with Gasteiger partial charge in [-0.05, 0) is 61.9 Å². The standard InChI is InChI=1S/C33H34N2O6/c1-19-29(33(38)41-17-23-7-6-14-39-23)30(25-18-40-28-9-5-4-8-24(28)32(25)37)31-26(34-19)15-21(16-27(31)36)20-10-12-22(13-11-20)35(2)3/h4-5,8-13,18,21,23,30,34H,6-7,14-17H2,1-3H3. The fourth-order valence-corrected chi connectivity index (χ4v) is 6.22. The lowest BCUT2D eigenvalue weighted by Crippen LogP contribution is -2.38. The Bertz CT molecular complexity index is 1630. The summed E-state index contributed by atoms with van der Waals surface area (Å²) in [5.41, 5.74) is 4.57. The molecule has 3 aromatic rings. The average molecular weight is 555 g/mol. The Morgan fingerprint density at radius 1 is 1.07 bits per heavy atom. The van der Waals surface area contributed by atoms with Gasteiger partial charge in [0.1, 0.15) is 12.2 Å². The number of nitrogens with one attached hydrogen (secondary N) is 1. The summed E-state index contributed by atoms with van der Waals surface area (Å²) in [6.45, 7) is 2.57. The van der Waals surface area contributed by atoms with E-state index in [0.29, 0.717) is 35.3 Å². The predicted octanol–water partition coefficient (Wildman–Crippen LogP) is 4.94. The third-order valence-corrected chi connectivity index (χ3v) is 8.37. The zero-order valence-electron chi connectivity index (χ0n) is 23.6. The van der Waals surface area contributed by atoms with Gasteiger partial charge in [0.05, 0.1) is 29.2 Å². The van der Waals surface area contributed by atoms with E-state index in [1.165, 1.54) is 6.26 Å². The van der Waals surface area contributed by atoms with Gasteiger partial charge in [0, 0.05) is 55.3 Å². The molecule has 212 valence electrons. The van der Waals surface area contributed by atoms with E-state index in [0.717, 1.165) is 29.8 Å². The van der Waals surface area contributed by atoms with Crippen LogP contribution in [0.5, 0.6) is 0 Å². The van der Waals surface area contributed by atoms with E-state index in [-0.39, 0.29) is 47.4 Å². The van der Waals surface area contributed by atoms with Crippen LogP contribution in [0.15, 0.2) is 86.5 Å². The van der Waals surface area contributed by atoms with Crippen molar-refractivity contribution in [1.29, 1.82) is 0 Å². The number of carbonyl (C=O) groups is 2. The molecule has 8 nitrogen and oxygen atoms in total. The summed E-state index contributed by atoms with van der Waals surface area (Å²) in [7, 11) is 3.98. The minimum atomic E-state index is -0.895. The fraction of sp³-hybridized carbons (Fsp3) is 0.364. The summed E-state index contributed by atoms with van der Waals surface area (Å²) >= 11 is 0. The Kier molecular flexibility index (Phi) is 7.26. The molecule has 1 fully saturated rings. The van der Waals surface area contributed by atoms with Crippen molar-refractivity contribution >= 4 is 28.4 Å². The Morgan fingerprint density at radius 3 is 2.59 bits per heavy atom. The van der Waals surface area contributed by atoms with Crippen LogP contribution in [-0.2, 0) is 19.1 Å². The Hall–Kier alpha value is -4.17. The third-order valence-electron chi connectivity index (χ3n) is 8.37. The monoisotopic (exact) mass is 554 g/mol. The number of ketones is 1. The molecule has 1 aromatic heterocycles. The quantitative estimate of drug-likeness (QED) is 0.428. The van der Waals surface area contributed by atoms with E-state index < -0.39 is 11.9 Å².